The van der Waals surface area contributed by atoms with E-state index in [1.165, 1.54) is 12.1 Å². The molecule has 146 valence electrons. The van der Waals surface area contributed by atoms with Gasteiger partial charge in [0.2, 0.25) is 0 Å². The molecule has 0 spiro atoms. The molecule has 0 fully saturated rings. The smallest absolute Gasteiger partial charge is 0.259 e. The van der Waals surface area contributed by atoms with Crippen LogP contribution in [0, 0.1) is 5.82 Å². The van der Waals surface area contributed by atoms with E-state index in [2.05, 4.69) is 5.10 Å². The molecule has 1 amide bonds. The molecule has 3 aromatic heterocycles. The molecule has 1 aliphatic rings. The van der Waals surface area contributed by atoms with Crippen LogP contribution < -0.4 is 4.90 Å². The van der Waals surface area contributed by atoms with Gasteiger partial charge in [0.1, 0.15) is 5.82 Å². The number of benzene rings is 1. The Kier molecular flexibility index (Phi) is 4.20. The van der Waals surface area contributed by atoms with Crippen LogP contribution in [-0.2, 0) is 6.42 Å². The summed E-state index contributed by atoms with van der Waals surface area (Å²) in [7, 11) is 0. The number of thiophene rings is 1. The zero-order chi connectivity index (χ0) is 20.1. The highest BCUT2D eigenvalue weighted by molar-refractivity contribution is 7.13. The third-order valence-corrected chi connectivity index (χ3v) is 6.13. The summed E-state index contributed by atoms with van der Waals surface area (Å²) in [5, 5.41) is 7.21. The first-order valence-corrected chi connectivity index (χ1v) is 10.4. The average molecular weight is 406 g/mol. The van der Waals surface area contributed by atoms with Gasteiger partial charge in [-0.2, -0.15) is 5.10 Å². The van der Waals surface area contributed by atoms with Crippen LogP contribution in [0.15, 0.2) is 48.0 Å². The normalized spacial score (nSPS) is 13.4. The standard InChI is InChI=1S/C22H19FN4OS/c1-13(2)27-21-17(12-24-27)16(11-18(25-21)20-4-3-9-29-20)22(28)26-8-7-14-10-15(23)5-6-19(14)26/h3-6,9-13H,7-8H2,1-2H3. The van der Waals surface area contributed by atoms with E-state index in [-0.39, 0.29) is 17.8 Å². The summed E-state index contributed by atoms with van der Waals surface area (Å²) in [6.07, 6.45) is 2.37. The van der Waals surface area contributed by atoms with Gasteiger partial charge in [-0.3, -0.25) is 4.79 Å². The molecule has 0 saturated heterocycles. The fourth-order valence-electron chi connectivity index (χ4n) is 3.85. The van der Waals surface area contributed by atoms with E-state index in [1.807, 2.05) is 42.1 Å². The first kappa shape index (κ1) is 18.0. The van der Waals surface area contributed by atoms with Gasteiger partial charge in [0.25, 0.3) is 5.91 Å². The number of hydrogen-bond acceptors (Lipinski definition) is 4. The molecule has 5 nitrogen and oxygen atoms in total. The van der Waals surface area contributed by atoms with Crippen molar-refractivity contribution in [2.75, 3.05) is 11.4 Å². The molecule has 0 unspecified atom stereocenters. The van der Waals surface area contributed by atoms with Gasteiger partial charge >= 0.3 is 0 Å². The van der Waals surface area contributed by atoms with E-state index >= 15 is 0 Å². The molecule has 1 aromatic carbocycles. The number of pyridine rings is 1. The minimum atomic E-state index is -0.275. The maximum Gasteiger partial charge on any atom is 0.259 e. The largest absolute Gasteiger partial charge is 0.308 e. The zero-order valence-corrected chi connectivity index (χ0v) is 16.9. The molecule has 0 radical (unpaired) electrons. The maximum atomic E-state index is 13.6. The van der Waals surface area contributed by atoms with E-state index in [1.54, 1.807) is 28.5 Å². The van der Waals surface area contributed by atoms with Crippen molar-refractivity contribution in [3.63, 3.8) is 0 Å². The molecule has 4 heterocycles. The Morgan fingerprint density at radius 3 is 2.86 bits per heavy atom. The van der Waals surface area contributed by atoms with Gasteiger partial charge in [0.15, 0.2) is 5.65 Å². The third kappa shape index (κ3) is 2.93. The minimum Gasteiger partial charge on any atom is -0.308 e. The number of fused-ring (bicyclic) bond motifs is 2. The summed E-state index contributed by atoms with van der Waals surface area (Å²) in [6, 6.07) is 10.5. The van der Waals surface area contributed by atoms with Gasteiger partial charge in [-0.1, -0.05) is 6.07 Å². The average Bonchev–Trinajstić information content (AvgIpc) is 3.44. The minimum absolute atomic E-state index is 0.108. The molecule has 29 heavy (non-hydrogen) atoms. The predicted octanol–water partition coefficient (Wildman–Crippen LogP) is 5.08. The maximum absolute atomic E-state index is 13.6. The number of anilines is 1. The van der Waals surface area contributed by atoms with Crippen molar-refractivity contribution in [1.82, 2.24) is 14.8 Å². The molecule has 5 rings (SSSR count). The molecule has 4 aromatic rings. The first-order chi connectivity index (χ1) is 14.0. The van der Waals surface area contributed by atoms with Crippen molar-refractivity contribution < 1.29 is 9.18 Å². The summed E-state index contributed by atoms with van der Waals surface area (Å²) in [5.74, 6) is -0.383. The Balaban J connectivity index is 1.68. The lowest BCUT2D eigenvalue weighted by Crippen LogP contribution is -2.29. The lowest BCUT2D eigenvalue weighted by Gasteiger charge is -2.18. The van der Waals surface area contributed by atoms with Crippen LogP contribution in [0.1, 0.15) is 35.8 Å². The fourth-order valence-corrected chi connectivity index (χ4v) is 4.54. The van der Waals surface area contributed by atoms with Crippen LogP contribution >= 0.6 is 11.3 Å². The van der Waals surface area contributed by atoms with Gasteiger partial charge in [-0.15, -0.1) is 11.3 Å². The number of halogens is 1. The van der Waals surface area contributed by atoms with Crippen LogP contribution in [-0.4, -0.2) is 27.2 Å². The number of aromatic nitrogens is 3. The van der Waals surface area contributed by atoms with Gasteiger partial charge in [-0.25, -0.2) is 14.1 Å². The molecule has 0 saturated carbocycles. The van der Waals surface area contributed by atoms with Gasteiger partial charge in [0, 0.05) is 18.3 Å². The Morgan fingerprint density at radius 2 is 2.10 bits per heavy atom. The van der Waals surface area contributed by atoms with Crippen LogP contribution in [0.3, 0.4) is 0 Å². The van der Waals surface area contributed by atoms with Crippen molar-refractivity contribution in [3.8, 4) is 10.6 Å². The van der Waals surface area contributed by atoms with Gasteiger partial charge in [-0.05, 0) is 61.5 Å². The number of nitrogens with zero attached hydrogens (tertiary/aromatic N) is 4. The summed E-state index contributed by atoms with van der Waals surface area (Å²) in [4.78, 5) is 21.1. The second-order valence-electron chi connectivity index (χ2n) is 7.43. The number of rotatable bonds is 3. The molecule has 0 aliphatic carbocycles. The van der Waals surface area contributed by atoms with Gasteiger partial charge in [0.05, 0.1) is 27.7 Å². The Morgan fingerprint density at radius 1 is 1.24 bits per heavy atom. The number of carbonyl (C=O) groups excluding carboxylic acids is 1. The van der Waals surface area contributed by atoms with E-state index < -0.39 is 0 Å². The quantitative estimate of drug-likeness (QED) is 0.477. The highest BCUT2D eigenvalue weighted by Crippen LogP contribution is 2.33. The lowest BCUT2D eigenvalue weighted by molar-refractivity contribution is 0.0991. The van der Waals surface area contributed by atoms with Crippen LogP contribution in [0.5, 0.6) is 0 Å². The van der Waals surface area contributed by atoms with Crippen molar-refractivity contribution in [1.29, 1.82) is 0 Å². The van der Waals surface area contributed by atoms with E-state index in [4.69, 9.17) is 4.98 Å². The van der Waals surface area contributed by atoms with Crippen molar-refractivity contribution in [2.24, 2.45) is 0 Å². The first-order valence-electron chi connectivity index (χ1n) is 9.55. The van der Waals surface area contributed by atoms with E-state index in [0.717, 1.165) is 27.2 Å². The molecule has 0 bridgehead atoms. The van der Waals surface area contributed by atoms with Gasteiger partial charge < -0.3 is 4.90 Å². The summed E-state index contributed by atoms with van der Waals surface area (Å²) < 4.78 is 15.4. The second kappa shape index (κ2) is 6.77. The number of carbonyl (C=O) groups is 1. The molecule has 7 heteroatoms. The molecule has 0 N–H and O–H groups in total. The molecule has 0 atom stereocenters. The molecular weight excluding hydrogens is 387 g/mol. The SMILES string of the molecule is CC(C)n1ncc2c(C(=O)N3CCc4cc(F)ccc43)cc(-c3cccs3)nc21. The number of hydrogen-bond donors (Lipinski definition) is 0. The molecule has 1 aliphatic heterocycles. The fraction of sp³-hybridized carbons (Fsp3) is 0.227. The Labute approximate surface area is 171 Å². The van der Waals surface area contributed by atoms with E-state index in [9.17, 15) is 9.18 Å². The monoisotopic (exact) mass is 406 g/mol. The summed E-state index contributed by atoms with van der Waals surface area (Å²) in [6.45, 7) is 4.62. The summed E-state index contributed by atoms with van der Waals surface area (Å²) >= 11 is 1.59. The Hall–Kier alpha value is -3.06. The lowest BCUT2D eigenvalue weighted by atomic mass is 10.1. The molecular formula is C22H19FN4OS. The topological polar surface area (TPSA) is 51.0 Å². The second-order valence-corrected chi connectivity index (χ2v) is 8.38. The van der Waals surface area contributed by atoms with Crippen LogP contribution in [0.4, 0.5) is 10.1 Å². The Bertz CT molecular complexity index is 1230. The van der Waals surface area contributed by atoms with Crippen LogP contribution in [0.25, 0.3) is 21.6 Å². The predicted molar refractivity (Wildman–Crippen MR) is 113 cm³/mol. The van der Waals surface area contributed by atoms with Crippen molar-refractivity contribution in [3.05, 3.63) is 64.9 Å². The summed E-state index contributed by atoms with van der Waals surface area (Å²) in [5.41, 5.74) is 3.67. The zero-order valence-electron chi connectivity index (χ0n) is 16.1. The highest BCUT2D eigenvalue weighted by atomic mass is 32.1. The van der Waals surface area contributed by atoms with Crippen molar-refractivity contribution >= 4 is 34.0 Å². The van der Waals surface area contributed by atoms with Crippen LogP contribution in [0.2, 0.25) is 0 Å². The van der Waals surface area contributed by atoms with E-state index in [0.29, 0.717) is 24.2 Å². The third-order valence-electron chi connectivity index (χ3n) is 5.24. The van der Waals surface area contributed by atoms with Crippen molar-refractivity contribution in [2.45, 2.75) is 26.3 Å². The highest BCUT2D eigenvalue weighted by Gasteiger charge is 2.28. The number of amides is 1.